The molecule has 0 amide bonds. The summed E-state index contributed by atoms with van der Waals surface area (Å²) in [4.78, 5) is 63.2. The van der Waals surface area contributed by atoms with Crippen molar-refractivity contribution in [3.63, 3.8) is 0 Å². The Morgan fingerprint density at radius 3 is 1.25 bits per heavy atom. The van der Waals surface area contributed by atoms with Crippen LogP contribution in [-0.4, -0.2) is 55.6 Å². The average molecular weight is 693 g/mol. The number of carbonyl (C=O) groups excluding carboxylic acids is 5. The lowest BCUT2D eigenvalue weighted by Gasteiger charge is -2.37. The average Bonchev–Trinajstić information content (AvgIpc) is 3.59. The SMILES string of the molecule is C.O=C1C(=Cc2cc3c4c(c2)CCCN4CCC3)C(=O)c2ccccc21.O=C1CC(=O)c2ccccc21.O=Cc1cc2c3c(c1)CCCN3CCC2. The monoisotopic (exact) mass is 692 g/mol. The van der Waals surface area contributed by atoms with Gasteiger partial charge in [0, 0.05) is 65.4 Å². The van der Waals surface area contributed by atoms with Gasteiger partial charge in [0.05, 0.1) is 12.0 Å². The molecule has 0 radical (unpaired) electrons. The van der Waals surface area contributed by atoms with E-state index in [1.54, 1.807) is 42.5 Å². The minimum atomic E-state index is -0.145. The zero-order valence-electron chi connectivity index (χ0n) is 28.7. The molecule has 0 atom stereocenters. The van der Waals surface area contributed by atoms with Crippen LogP contribution in [-0.2, 0) is 25.7 Å². The molecule has 0 saturated carbocycles. The van der Waals surface area contributed by atoms with Crippen molar-refractivity contribution in [2.24, 2.45) is 0 Å². The van der Waals surface area contributed by atoms with Gasteiger partial charge in [0.15, 0.2) is 23.1 Å². The Kier molecular flexibility index (Phi) is 9.87. The number of carbonyl (C=O) groups is 5. The lowest BCUT2D eigenvalue weighted by molar-refractivity contribution is 0.0919. The highest BCUT2D eigenvalue weighted by atomic mass is 16.2. The number of Topliss-reactive ketones (excluding diaryl/α,β-unsaturated/α-hetero) is 4. The van der Waals surface area contributed by atoms with E-state index in [4.69, 9.17) is 0 Å². The maximum Gasteiger partial charge on any atom is 0.197 e. The van der Waals surface area contributed by atoms with E-state index < -0.39 is 0 Å². The van der Waals surface area contributed by atoms with E-state index in [2.05, 4.69) is 34.1 Å². The Morgan fingerprint density at radius 1 is 0.500 bits per heavy atom. The van der Waals surface area contributed by atoms with Crippen LogP contribution >= 0.6 is 0 Å². The van der Waals surface area contributed by atoms with Crippen LogP contribution in [0.1, 0.15) is 119 Å². The highest BCUT2D eigenvalue weighted by Gasteiger charge is 2.33. The lowest BCUT2D eigenvalue weighted by Crippen LogP contribution is -2.34. The van der Waals surface area contributed by atoms with Gasteiger partial charge in [0.2, 0.25) is 0 Å². The number of hydrogen-bond acceptors (Lipinski definition) is 7. The highest BCUT2D eigenvalue weighted by Crippen LogP contribution is 2.38. The third-order valence-electron chi connectivity index (χ3n) is 10.9. The fourth-order valence-corrected chi connectivity index (χ4v) is 8.69. The Labute approximate surface area is 305 Å². The van der Waals surface area contributed by atoms with Crippen molar-refractivity contribution in [1.29, 1.82) is 0 Å². The number of rotatable bonds is 2. The van der Waals surface area contributed by atoms with E-state index in [9.17, 15) is 24.0 Å². The van der Waals surface area contributed by atoms with E-state index in [0.29, 0.717) is 27.8 Å². The summed E-state index contributed by atoms with van der Waals surface area (Å²) in [6, 6.07) is 22.5. The first-order chi connectivity index (χ1) is 24.9. The largest absolute Gasteiger partial charge is 0.371 e. The highest BCUT2D eigenvalue weighted by molar-refractivity contribution is 6.41. The Bertz CT molecular complexity index is 2030. The van der Waals surface area contributed by atoms with Crippen LogP contribution < -0.4 is 9.80 Å². The van der Waals surface area contributed by atoms with Crippen LogP contribution in [0.3, 0.4) is 0 Å². The van der Waals surface area contributed by atoms with Crippen molar-refractivity contribution in [1.82, 2.24) is 0 Å². The molecule has 52 heavy (non-hydrogen) atoms. The predicted molar refractivity (Wildman–Crippen MR) is 206 cm³/mol. The van der Waals surface area contributed by atoms with Gasteiger partial charge < -0.3 is 9.80 Å². The van der Waals surface area contributed by atoms with Crippen molar-refractivity contribution in [2.45, 2.75) is 65.2 Å². The fraction of sp³-hybridized carbons (Fsp3) is 0.311. The van der Waals surface area contributed by atoms with Crippen molar-refractivity contribution in [2.75, 3.05) is 36.0 Å². The number of aryl methyl sites for hydroxylation is 4. The molecule has 4 heterocycles. The smallest absolute Gasteiger partial charge is 0.197 e. The zero-order valence-corrected chi connectivity index (χ0v) is 28.7. The molecule has 0 spiro atoms. The van der Waals surface area contributed by atoms with E-state index in [1.165, 1.54) is 72.4 Å². The maximum absolute atomic E-state index is 12.6. The molecule has 6 aliphatic rings. The van der Waals surface area contributed by atoms with Crippen LogP contribution in [0.15, 0.2) is 78.4 Å². The number of ketones is 4. The Morgan fingerprint density at radius 2 is 0.865 bits per heavy atom. The minimum Gasteiger partial charge on any atom is -0.371 e. The summed E-state index contributed by atoms with van der Waals surface area (Å²) in [7, 11) is 0. The molecule has 2 aliphatic carbocycles. The first-order valence-corrected chi connectivity index (χ1v) is 18.2. The molecule has 4 aromatic carbocycles. The fourth-order valence-electron chi connectivity index (χ4n) is 8.69. The van der Waals surface area contributed by atoms with Crippen LogP contribution in [0, 0.1) is 0 Å². The first-order valence-electron chi connectivity index (χ1n) is 18.2. The van der Waals surface area contributed by atoms with Gasteiger partial charge in [-0.3, -0.25) is 24.0 Å². The molecule has 4 aromatic rings. The van der Waals surface area contributed by atoms with Gasteiger partial charge in [-0.2, -0.15) is 0 Å². The molecule has 7 nitrogen and oxygen atoms in total. The van der Waals surface area contributed by atoms with Gasteiger partial charge >= 0.3 is 0 Å². The van der Waals surface area contributed by atoms with E-state index in [0.717, 1.165) is 56.2 Å². The van der Waals surface area contributed by atoms with Crippen molar-refractivity contribution in [3.05, 3.63) is 134 Å². The quantitative estimate of drug-likeness (QED) is 0.0907. The normalized spacial score (nSPS) is 17.3. The zero-order chi connectivity index (χ0) is 35.1. The second-order valence-electron chi connectivity index (χ2n) is 14.2. The van der Waals surface area contributed by atoms with Crippen LogP contribution in [0.25, 0.3) is 6.08 Å². The van der Waals surface area contributed by atoms with E-state index in [-0.39, 0.29) is 37.0 Å². The molecule has 0 fully saturated rings. The van der Waals surface area contributed by atoms with Crippen LogP contribution in [0.5, 0.6) is 0 Å². The van der Waals surface area contributed by atoms with Gasteiger partial charge in [0.25, 0.3) is 0 Å². The molecule has 264 valence electrons. The molecule has 0 unspecified atom stereocenters. The second-order valence-corrected chi connectivity index (χ2v) is 14.2. The van der Waals surface area contributed by atoms with Crippen molar-refractivity contribution >= 4 is 46.9 Å². The molecule has 0 aromatic heterocycles. The summed E-state index contributed by atoms with van der Waals surface area (Å²) in [5, 5.41) is 0. The summed E-state index contributed by atoms with van der Waals surface area (Å²) >= 11 is 0. The van der Waals surface area contributed by atoms with E-state index in [1.807, 2.05) is 12.1 Å². The van der Waals surface area contributed by atoms with Crippen LogP contribution in [0.2, 0.25) is 0 Å². The standard InChI is InChI=1S/C22H19NO2.C13H15NO.C9H6O2.CH4/c24-21-17-7-1-2-8-18(17)22(25)19(21)13-14-11-15-5-3-9-23-10-4-6-16(12-14)20(15)23;15-9-10-7-11-3-1-5-14-6-2-4-12(8-10)13(11)14;10-8-5-9(11)7-4-2-1-3-6(7)8;/h1-2,7-8,11-13H,3-6,9-10H2;7-9H,1-6H2;1-4H,5H2;1H4. The Hall–Kier alpha value is -5.43. The number of allylic oxidation sites excluding steroid dienone is 1. The predicted octanol–water partition coefficient (Wildman–Crippen LogP) is 8.14. The molecule has 0 bridgehead atoms. The number of aldehydes is 1. The first kappa shape index (κ1) is 35.0. The minimum absolute atomic E-state index is 0. The van der Waals surface area contributed by atoms with Gasteiger partial charge in [-0.1, -0.05) is 56.0 Å². The van der Waals surface area contributed by atoms with Gasteiger partial charge in [-0.15, -0.1) is 0 Å². The Balaban J connectivity index is 0.000000132. The summed E-state index contributed by atoms with van der Waals surface area (Å²) in [5.41, 5.74) is 12.7. The molecule has 0 N–H and O–H groups in total. The van der Waals surface area contributed by atoms with Gasteiger partial charge in [0.1, 0.15) is 6.29 Å². The summed E-state index contributed by atoms with van der Waals surface area (Å²) in [5.74, 6) is -0.390. The number of anilines is 2. The van der Waals surface area contributed by atoms with Gasteiger partial charge in [-0.25, -0.2) is 0 Å². The van der Waals surface area contributed by atoms with E-state index >= 15 is 0 Å². The summed E-state index contributed by atoms with van der Waals surface area (Å²) in [6.07, 6.45) is 12.1. The summed E-state index contributed by atoms with van der Waals surface area (Å²) in [6.45, 7) is 4.68. The molecular formula is C45H44N2O5. The molecular weight excluding hydrogens is 649 g/mol. The topological polar surface area (TPSA) is 91.8 Å². The molecule has 0 saturated heterocycles. The van der Waals surface area contributed by atoms with Crippen molar-refractivity contribution in [3.8, 4) is 0 Å². The third-order valence-corrected chi connectivity index (χ3v) is 10.9. The van der Waals surface area contributed by atoms with Crippen LogP contribution in [0.4, 0.5) is 11.4 Å². The number of hydrogen-bond donors (Lipinski definition) is 0. The number of fused-ring (bicyclic) bond motifs is 2. The molecule has 10 rings (SSSR count). The summed E-state index contributed by atoms with van der Waals surface area (Å²) < 4.78 is 0. The number of nitrogens with zero attached hydrogens (tertiary/aromatic N) is 2. The lowest BCUT2D eigenvalue weighted by atomic mass is 9.89. The van der Waals surface area contributed by atoms with Crippen molar-refractivity contribution < 1.29 is 24.0 Å². The van der Waals surface area contributed by atoms with Gasteiger partial charge in [-0.05, 0) is 110 Å². The third kappa shape index (κ3) is 6.45. The molecule has 4 aliphatic heterocycles. The second kappa shape index (κ2) is 14.7. The molecule has 7 heteroatoms. The maximum atomic E-state index is 12.6. The number of benzene rings is 4.